The van der Waals surface area contributed by atoms with Gasteiger partial charge in [-0.25, -0.2) is 13.8 Å². The monoisotopic (exact) mass is 332 g/mol. The van der Waals surface area contributed by atoms with Gasteiger partial charge in [0.25, 0.3) is 0 Å². The lowest BCUT2D eigenvalue weighted by atomic mass is 10.1. The molecular weight excluding hydrogens is 322 g/mol. The zero-order valence-corrected chi connectivity index (χ0v) is 12.5. The van der Waals surface area contributed by atoms with Crippen molar-refractivity contribution < 1.29 is 8.78 Å². The lowest BCUT2D eigenvalue weighted by molar-refractivity contribution is 0.509. The van der Waals surface area contributed by atoms with E-state index < -0.39 is 11.6 Å². The van der Waals surface area contributed by atoms with Gasteiger partial charge in [0, 0.05) is 23.3 Å². The van der Waals surface area contributed by atoms with E-state index in [9.17, 15) is 8.78 Å². The maximum absolute atomic E-state index is 13.4. The molecule has 4 aromatic rings. The number of fused-ring (bicyclic) bond motifs is 3. The van der Waals surface area contributed by atoms with Gasteiger partial charge in [0.15, 0.2) is 11.6 Å². The van der Waals surface area contributed by atoms with Crippen molar-refractivity contribution in [3.8, 4) is 0 Å². The molecule has 4 rings (SSSR count). The van der Waals surface area contributed by atoms with Gasteiger partial charge in [0.05, 0.1) is 28.6 Å². The van der Waals surface area contributed by atoms with Gasteiger partial charge in [0.1, 0.15) is 0 Å². The summed E-state index contributed by atoms with van der Waals surface area (Å²) in [5.41, 5.74) is 3.64. The zero-order valence-electron chi connectivity index (χ0n) is 11.7. The Bertz CT molecular complexity index is 1000. The molecule has 0 aliphatic rings. The Morgan fingerprint density at radius 2 is 1.74 bits per heavy atom. The van der Waals surface area contributed by atoms with Crippen LogP contribution < -0.4 is 5.32 Å². The second-order valence-electron chi connectivity index (χ2n) is 4.87. The topological polar surface area (TPSA) is 53.6 Å². The Labute approximate surface area is 136 Å². The van der Waals surface area contributed by atoms with Crippen molar-refractivity contribution in [2.24, 2.45) is 0 Å². The van der Waals surface area contributed by atoms with E-state index in [0.29, 0.717) is 5.69 Å². The van der Waals surface area contributed by atoms with Crippen LogP contribution in [0.25, 0.3) is 21.9 Å². The van der Waals surface area contributed by atoms with E-state index in [0.717, 1.165) is 39.8 Å². The van der Waals surface area contributed by atoms with Crippen LogP contribution in [0.5, 0.6) is 0 Å². The summed E-state index contributed by atoms with van der Waals surface area (Å²) < 4.78 is 26.4. The lowest BCUT2D eigenvalue weighted by Crippen LogP contribution is -1.95. The number of aromatic amines is 1. The van der Waals surface area contributed by atoms with Crippen LogP contribution in [0, 0.1) is 11.6 Å². The predicted molar refractivity (Wildman–Crippen MR) is 88.3 cm³/mol. The first-order valence-electron chi connectivity index (χ1n) is 6.65. The molecule has 7 heteroatoms. The Hall–Kier alpha value is -2.73. The molecule has 0 aliphatic carbocycles. The van der Waals surface area contributed by atoms with Crippen LogP contribution in [0.3, 0.4) is 0 Å². The minimum Gasteiger partial charge on any atom is -0.355 e. The normalized spacial score (nSPS) is 10.7. The van der Waals surface area contributed by atoms with Gasteiger partial charge in [-0.3, -0.25) is 4.98 Å². The molecular formula is C16H11ClF2N4. The number of hydrogen-bond acceptors (Lipinski definition) is 3. The number of benzene rings is 2. The van der Waals surface area contributed by atoms with Crippen LogP contribution in [0.4, 0.5) is 20.2 Å². The van der Waals surface area contributed by atoms with Crippen molar-refractivity contribution in [2.75, 3.05) is 5.32 Å². The van der Waals surface area contributed by atoms with Crippen LogP contribution >= 0.6 is 12.4 Å². The number of imidazole rings is 1. The number of aromatic nitrogens is 3. The van der Waals surface area contributed by atoms with E-state index in [1.165, 1.54) is 6.07 Å². The van der Waals surface area contributed by atoms with E-state index in [1.54, 1.807) is 18.6 Å². The molecule has 0 aliphatic heterocycles. The SMILES string of the molecule is Cl.Fc1ccc(Nc2ccnc3ccc4nc[nH]c4c23)cc1F. The highest BCUT2D eigenvalue weighted by Crippen LogP contribution is 2.30. The molecule has 2 aromatic heterocycles. The second-order valence-corrected chi connectivity index (χ2v) is 4.87. The van der Waals surface area contributed by atoms with Gasteiger partial charge in [-0.05, 0) is 30.3 Å². The number of H-pyrrole nitrogens is 1. The third kappa shape index (κ3) is 2.57. The molecule has 4 nitrogen and oxygen atoms in total. The molecule has 0 saturated carbocycles. The van der Waals surface area contributed by atoms with E-state index >= 15 is 0 Å². The van der Waals surface area contributed by atoms with Crippen molar-refractivity contribution in [1.82, 2.24) is 15.0 Å². The van der Waals surface area contributed by atoms with Crippen LogP contribution in [0.2, 0.25) is 0 Å². The molecule has 2 aromatic carbocycles. The van der Waals surface area contributed by atoms with Gasteiger partial charge >= 0.3 is 0 Å². The Morgan fingerprint density at radius 1 is 0.913 bits per heavy atom. The van der Waals surface area contributed by atoms with Crippen molar-refractivity contribution in [2.45, 2.75) is 0 Å². The van der Waals surface area contributed by atoms with Gasteiger partial charge in [-0.15, -0.1) is 12.4 Å². The molecule has 0 radical (unpaired) electrons. The van der Waals surface area contributed by atoms with E-state index in [2.05, 4.69) is 20.3 Å². The van der Waals surface area contributed by atoms with E-state index in [1.807, 2.05) is 12.1 Å². The molecule has 0 atom stereocenters. The summed E-state index contributed by atoms with van der Waals surface area (Å²) in [6.07, 6.45) is 3.27. The van der Waals surface area contributed by atoms with Crippen molar-refractivity contribution in [3.05, 3.63) is 60.6 Å². The molecule has 2 heterocycles. The first-order valence-corrected chi connectivity index (χ1v) is 6.65. The van der Waals surface area contributed by atoms with Crippen LogP contribution in [0.15, 0.2) is 48.9 Å². The standard InChI is InChI=1S/C16H10F2N4.ClH/c17-10-2-1-9(7-11(10)18)22-13-5-6-19-12-3-4-14-16(15(12)13)21-8-20-14;/h1-8H,(H,19,22)(H,20,21);1H. The molecule has 0 spiro atoms. The third-order valence-corrected chi connectivity index (χ3v) is 3.50. The highest BCUT2D eigenvalue weighted by molar-refractivity contribution is 6.09. The van der Waals surface area contributed by atoms with Gasteiger partial charge in [-0.2, -0.15) is 0 Å². The number of nitrogens with one attached hydrogen (secondary N) is 2. The summed E-state index contributed by atoms with van der Waals surface area (Å²) in [6.45, 7) is 0. The first-order chi connectivity index (χ1) is 10.7. The summed E-state index contributed by atoms with van der Waals surface area (Å²) in [5.74, 6) is -1.77. The molecule has 23 heavy (non-hydrogen) atoms. The van der Waals surface area contributed by atoms with Crippen molar-refractivity contribution >= 4 is 45.7 Å². The van der Waals surface area contributed by atoms with Crippen molar-refractivity contribution in [3.63, 3.8) is 0 Å². The Balaban J connectivity index is 0.00000156. The summed E-state index contributed by atoms with van der Waals surface area (Å²) in [6, 6.07) is 9.22. The Kier molecular flexibility index (Phi) is 3.83. The summed E-state index contributed by atoms with van der Waals surface area (Å²) in [5, 5.41) is 3.95. The fourth-order valence-corrected chi connectivity index (χ4v) is 2.49. The highest BCUT2D eigenvalue weighted by atomic mass is 35.5. The highest BCUT2D eigenvalue weighted by Gasteiger charge is 2.10. The zero-order chi connectivity index (χ0) is 15.1. The number of hydrogen-bond donors (Lipinski definition) is 2. The predicted octanol–water partition coefficient (Wildman–Crippen LogP) is 4.55. The summed E-state index contributed by atoms with van der Waals surface area (Å²) in [4.78, 5) is 11.6. The third-order valence-electron chi connectivity index (χ3n) is 3.50. The molecule has 0 amide bonds. The summed E-state index contributed by atoms with van der Waals surface area (Å²) >= 11 is 0. The summed E-state index contributed by atoms with van der Waals surface area (Å²) in [7, 11) is 0. The molecule has 0 saturated heterocycles. The van der Waals surface area contributed by atoms with Crippen molar-refractivity contribution in [1.29, 1.82) is 0 Å². The molecule has 0 fully saturated rings. The maximum Gasteiger partial charge on any atom is 0.160 e. The fraction of sp³-hybridized carbons (Fsp3) is 0. The Morgan fingerprint density at radius 3 is 2.57 bits per heavy atom. The minimum absolute atomic E-state index is 0. The van der Waals surface area contributed by atoms with Crippen LogP contribution in [0.1, 0.15) is 0 Å². The average Bonchev–Trinajstić information content (AvgIpc) is 3.00. The second kappa shape index (κ2) is 5.81. The van der Waals surface area contributed by atoms with Crippen LogP contribution in [-0.2, 0) is 0 Å². The first kappa shape index (κ1) is 15.2. The number of halogens is 3. The number of pyridine rings is 1. The minimum atomic E-state index is -0.893. The van der Waals surface area contributed by atoms with E-state index in [4.69, 9.17) is 0 Å². The van der Waals surface area contributed by atoms with Gasteiger partial charge in [0.2, 0.25) is 0 Å². The smallest absolute Gasteiger partial charge is 0.160 e. The fourth-order valence-electron chi connectivity index (χ4n) is 2.49. The number of rotatable bonds is 2. The van der Waals surface area contributed by atoms with Crippen LogP contribution in [-0.4, -0.2) is 15.0 Å². The van der Waals surface area contributed by atoms with E-state index in [-0.39, 0.29) is 12.4 Å². The molecule has 2 N–H and O–H groups in total. The lowest BCUT2D eigenvalue weighted by Gasteiger charge is -2.10. The molecule has 0 bridgehead atoms. The maximum atomic E-state index is 13.4. The number of anilines is 2. The molecule has 116 valence electrons. The number of nitrogens with zero attached hydrogens (tertiary/aromatic N) is 2. The molecule has 0 unspecified atom stereocenters. The quantitative estimate of drug-likeness (QED) is 0.566. The van der Waals surface area contributed by atoms with Gasteiger partial charge in [-0.1, -0.05) is 0 Å². The van der Waals surface area contributed by atoms with Gasteiger partial charge < -0.3 is 10.3 Å². The average molecular weight is 333 g/mol. The largest absolute Gasteiger partial charge is 0.355 e.